The summed E-state index contributed by atoms with van der Waals surface area (Å²) in [4.78, 5) is 8.64. The number of unbranched alkanes of at least 4 members (excludes halogenated alkanes) is 1. The Bertz CT molecular complexity index is 537. The maximum atomic E-state index is 4.58. The van der Waals surface area contributed by atoms with E-state index in [2.05, 4.69) is 53.6 Å². The van der Waals surface area contributed by atoms with Crippen LogP contribution in [0.4, 0.5) is 0 Å². The van der Waals surface area contributed by atoms with Gasteiger partial charge < -0.3 is 9.88 Å². The highest BCUT2D eigenvalue weighted by atomic mass is 15.0. The maximum Gasteiger partial charge on any atom is 0.0945 e. The van der Waals surface area contributed by atoms with E-state index in [0.29, 0.717) is 6.04 Å². The quantitative estimate of drug-likeness (QED) is 0.794. The molecule has 0 aromatic carbocycles. The van der Waals surface area contributed by atoms with Crippen molar-refractivity contribution < 1.29 is 0 Å². The van der Waals surface area contributed by atoms with Crippen molar-refractivity contribution in [1.82, 2.24) is 19.9 Å². The molecular weight excluding hydrogens is 260 g/mol. The summed E-state index contributed by atoms with van der Waals surface area (Å²) >= 11 is 0. The minimum atomic E-state index is 0.353. The van der Waals surface area contributed by atoms with E-state index in [9.17, 15) is 0 Å². The minimum Gasteiger partial charge on any atom is -0.337 e. The summed E-state index contributed by atoms with van der Waals surface area (Å²) in [5.74, 6) is 0. The number of nitrogens with zero attached hydrogens (tertiary/aromatic N) is 3. The molecule has 0 saturated carbocycles. The molecule has 2 rings (SSSR count). The van der Waals surface area contributed by atoms with Gasteiger partial charge in [0, 0.05) is 36.4 Å². The van der Waals surface area contributed by atoms with Gasteiger partial charge in [0.25, 0.3) is 0 Å². The fraction of sp³-hybridized carbons (Fsp3) is 0.529. The summed E-state index contributed by atoms with van der Waals surface area (Å²) in [5.41, 5.74) is 4.92. The summed E-state index contributed by atoms with van der Waals surface area (Å²) in [6.07, 6.45) is 8.05. The summed E-state index contributed by atoms with van der Waals surface area (Å²) in [6, 6.07) is 2.52. The zero-order valence-electron chi connectivity index (χ0n) is 13.6. The maximum absolute atomic E-state index is 4.58. The van der Waals surface area contributed by atoms with Crippen molar-refractivity contribution in [2.24, 2.45) is 0 Å². The van der Waals surface area contributed by atoms with Crippen LogP contribution in [0.5, 0.6) is 0 Å². The monoisotopic (exact) mass is 286 g/mol. The summed E-state index contributed by atoms with van der Waals surface area (Å²) < 4.78 is 2.13. The fourth-order valence-electron chi connectivity index (χ4n) is 2.95. The average molecular weight is 286 g/mol. The fourth-order valence-corrected chi connectivity index (χ4v) is 2.95. The molecule has 4 heteroatoms. The van der Waals surface area contributed by atoms with Crippen LogP contribution in [-0.2, 0) is 6.54 Å². The van der Waals surface area contributed by atoms with Crippen molar-refractivity contribution in [2.75, 3.05) is 6.54 Å². The average Bonchev–Trinajstić information content (AvgIpc) is 2.90. The highest BCUT2D eigenvalue weighted by molar-refractivity contribution is 5.33. The van der Waals surface area contributed by atoms with Gasteiger partial charge in [-0.25, -0.2) is 4.98 Å². The van der Waals surface area contributed by atoms with Crippen LogP contribution in [0.3, 0.4) is 0 Å². The summed E-state index contributed by atoms with van der Waals surface area (Å²) in [6.45, 7) is 10.6. The predicted molar refractivity (Wildman–Crippen MR) is 86.3 cm³/mol. The second-order valence-corrected chi connectivity index (χ2v) is 5.76. The van der Waals surface area contributed by atoms with Gasteiger partial charge >= 0.3 is 0 Å². The van der Waals surface area contributed by atoms with Crippen molar-refractivity contribution in [2.45, 2.75) is 53.1 Å². The molecule has 0 aliphatic carbocycles. The largest absolute Gasteiger partial charge is 0.337 e. The molecule has 0 radical (unpaired) electrons. The number of hydrogen-bond acceptors (Lipinski definition) is 3. The molecule has 0 aliphatic heterocycles. The van der Waals surface area contributed by atoms with Gasteiger partial charge in [0.2, 0.25) is 0 Å². The topological polar surface area (TPSA) is 42.7 Å². The smallest absolute Gasteiger partial charge is 0.0945 e. The highest BCUT2D eigenvalue weighted by Crippen LogP contribution is 2.21. The third-order valence-corrected chi connectivity index (χ3v) is 3.87. The van der Waals surface area contributed by atoms with E-state index in [1.165, 1.54) is 24.0 Å². The number of pyridine rings is 1. The van der Waals surface area contributed by atoms with E-state index >= 15 is 0 Å². The molecule has 0 aliphatic rings. The van der Waals surface area contributed by atoms with Crippen molar-refractivity contribution in [3.63, 3.8) is 0 Å². The highest BCUT2D eigenvalue weighted by Gasteiger charge is 2.12. The van der Waals surface area contributed by atoms with E-state index in [1.54, 1.807) is 0 Å². The molecule has 1 N–H and O–H groups in total. The first kappa shape index (κ1) is 15.7. The molecular formula is C17H26N4. The van der Waals surface area contributed by atoms with Gasteiger partial charge in [-0.3, -0.25) is 4.98 Å². The second-order valence-electron chi connectivity index (χ2n) is 5.76. The van der Waals surface area contributed by atoms with Gasteiger partial charge in [0.1, 0.15) is 0 Å². The van der Waals surface area contributed by atoms with Crippen molar-refractivity contribution in [3.8, 4) is 0 Å². The number of rotatable bonds is 7. The van der Waals surface area contributed by atoms with Gasteiger partial charge in [0.15, 0.2) is 0 Å². The van der Waals surface area contributed by atoms with Crippen LogP contribution in [0, 0.1) is 20.8 Å². The zero-order valence-corrected chi connectivity index (χ0v) is 13.6. The van der Waals surface area contributed by atoms with E-state index in [1.807, 2.05) is 18.7 Å². The summed E-state index contributed by atoms with van der Waals surface area (Å²) in [5, 5.41) is 3.62. The normalized spacial score (nSPS) is 12.6. The lowest BCUT2D eigenvalue weighted by molar-refractivity contribution is 0.519. The first-order valence-electron chi connectivity index (χ1n) is 7.72. The van der Waals surface area contributed by atoms with Crippen LogP contribution in [0.25, 0.3) is 0 Å². The molecule has 114 valence electrons. The first-order valence-corrected chi connectivity index (χ1v) is 7.72. The molecule has 0 bridgehead atoms. The van der Waals surface area contributed by atoms with Crippen molar-refractivity contribution in [1.29, 1.82) is 0 Å². The molecule has 21 heavy (non-hydrogen) atoms. The molecule has 0 fully saturated rings. The van der Waals surface area contributed by atoms with Crippen LogP contribution >= 0.6 is 0 Å². The van der Waals surface area contributed by atoms with Gasteiger partial charge in [-0.05, 0) is 64.3 Å². The van der Waals surface area contributed by atoms with Crippen molar-refractivity contribution >= 4 is 0 Å². The molecule has 2 heterocycles. The molecule has 0 spiro atoms. The third-order valence-electron chi connectivity index (χ3n) is 3.87. The number of nitrogens with one attached hydrogen (secondary N) is 1. The minimum absolute atomic E-state index is 0.353. The van der Waals surface area contributed by atoms with Crippen LogP contribution in [0.15, 0.2) is 24.8 Å². The first-order chi connectivity index (χ1) is 10.1. The second kappa shape index (κ2) is 7.36. The van der Waals surface area contributed by atoms with Crippen LogP contribution < -0.4 is 5.32 Å². The van der Waals surface area contributed by atoms with Crippen LogP contribution in [0.2, 0.25) is 0 Å². The Morgan fingerprint density at radius 3 is 2.71 bits per heavy atom. The van der Waals surface area contributed by atoms with E-state index in [4.69, 9.17) is 0 Å². The lowest BCUT2D eigenvalue weighted by Gasteiger charge is -2.19. The standard InChI is InChI=1S/C17H26N4/c1-13-11-14(2)20-16(4)17(13)15(3)19-7-5-6-9-21-10-8-18-12-21/h8,10-12,15,19H,5-7,9H2,1-4H3. The van der Waals surface area contributed by atoms with E-state index in [-0.39, 0.29) is 0 Å². The van der Waals surface area contributed by atoms with Gasteiger partial charge in [-0.1, -0.05) is 0 Å². The van der Waals surface area contributed by atoms with E-state index in [0.717, 1.165) is 24.5 Å². The number of aryl methyl sites for hydroxylation is 4. The Labute approximate surface area is 127 Å². The number of hydrogen-bond donors (Lipinski definition) is 1. The van der Waals surface area contributed by atoms with Crippen LogP contribution in [-0.4, -0.2) is 21.1 Å². The molecule has 1 atom stereocenters. The molecule has 1 unspecified atom stereocenters. The number of aromatic nitrogens is 3. The molecule has 0 saturated heterocycles. The van der Waals surface area contributed by atoms with Crippen molar-refractivity contribution in [3.05, 3.63) is 47.3 Å². The molecule has 2 aromatic heterocycles. The lowest BCUT2D eigenvalue weighted by atomic mass is 10.0. The number of imidazole rings is 1. The van der Waals surface area contributed by atoms with Gasteiger partial charge in [-0.2, -0.15) is 0 Å². The molecule has 2 aromatic rings. The third kappa shape index (κ3) is 4.39. The zero-order chi connectivity index (χ0) is 15.2. The van der Waals surface area contributed by atoms with Gasteiger partial charge in [-0.15, -0.1) is 0 Å². The lowest BCUT2D eigenvalue weighted by Crippen LogP contribution is -2.22. The Hall–Kier alpha value is -1.68. The van der Waals surface area contributed by atoms with E-state index < -0.39 is 0 Å². The Morgan fingerprint density at radius 2 is 2.05 bits per heavy atom. The Morgan fingerprint density at radius 1 is 1.24 bits per heavy atom. The Kier molecular flexibility index (Phi) is 5.51. The van der Waals surface area contributed by atoms with Gasteiger partial charge in [0.05, 0.1) is 6.33 Å². The Balaban J connectivity index is 1.78. The van der Waals surface area contributed by atoms with Crippen LogP contribution in [0.1, 0.15) is 48.3 Å². The predicted octanol–water partition coefficient (Wildman–Crippen LogP) is 3.33. The molecule has 0 amide bonds. The molecule has 4 nitrogen and oxygen atoms in total. The SMILES string of the molecule is Cc1cc(C)c(C(C)NCCCCn2ccnc2)c(C)n1. The summed E-state index contributed by atoms with van der Waals surface area (Å²) in [7, 11) is 0.